The van der Waals surface area contributed by atoms with Gasteiger partial charge < -0.3 is 20.9 Å². The zero-order valence-corrected chi connectivity index (χ0v) is 19.5. The summed E-state index contributed by atoms with van der Waals surface area (Å²) in [6.07, 6.45) is 2.17. The maximum Gasteiger partial charge on any atom is 0.323 e. The summed E-state index contributed by atoms with van der Waals surface area (Å²) in [4.78, 5) is 27.9. The minimum atomic E-state index is -0.369. The molecule has 4 rings (SSSR count). The standard InChI is InChI=1S/C27H29FN4O2/c1-18-8-9-19(2)23(14-18)30-27(34)31-24-16-21(10-11-25(24)32-12-3-4-13-32)26(33)29-17-20-6-5-7-22(28)15-20/h5-11,14-16H,3-4,12-13,17H2,1-2H3,(H,29,33)(H2,30,31,34). The van der Waals surface area contributed by atoms with Crippen molar-refractivity contribution in [1.82, 2.24) is 5.32 Å². The molecule has 0 unspecified atom stereocenters. The lowest BCUT2D eigenvalue weighted by molar-refractivity contribution is 0.0951. The Bertz CT molecular complexity index is 1200. The number of benzene rings is 3. The summed E-state index contributed by atoms with van der Waals surface area (Å²) in [6.45, 7) is 5.92. The molecule has 1 fully saturated rings. The van der Waals surface area contributed by atoms with E-state index in [0.29, 0.717) is 16.8 Å². The van der Waals surface area contributed by atoms with Crippen molar-refractivity contribution in [2.24, 2.45) is 0 Å². The second-order valence-corrected chi connectivity index (χ2v) is 8.64. The molecule has 6 nitrogen and oxygen atoms in total. The van der Waals surface area contributed by atoms with Gasteiger partial charge in [-0.05, 0) is 79.8 Å². The molecule has 3 N–H and O–H groups in total. The van der Waals surface area contributed by atoms with Gasteiger partial charge in [-0.3, -0.25) is 4.79 Å². The van der Waals surface area contributed by atoms with Crippen LogP contribution in [-0.2, 0) is 6.54 Å². The third-order valence-corrected chi connectivity index (χ3v) is 5.94. The number of halogens is 1. The Morgan fingerprint density at radius 2 is 1.68 bits per heavy atom. The lowest BCUT2D eigenvalue weighted by atomic mass is 10.1. The van der Waals surface area contributed by atoms with Crippen LogP contribution in [0.25, 0.3) is 0 Å². The van der Waals surface area contributed by atoms with Gasteiger partial charge in [0.05, 0.1) is 11.4 Å². The van der Waals surface area contributed by atoms with Gasteiger partial charge in [0.25, 0.3) is 5.91 Å². The van der Waals surface area contributed by atoms with E-state index in [-0.39, 0.29) is 24.3 Å². The van der Waals surface area contributed by atoms with Crippen LogP contribution < -0.4 is 20.9 Å². The Kier molecular flexibility index (Phi) is 7.11. The number of anilines is 3. The number of nitrogens with zero attached hydrogens (tertiary/aromatic N) is 1. The van der Waals surface area contributed by atoms with Crippen LogP contribution in [0, 0.1) is 19.7 Å². The second kappa shape index (κ2) is 10.4. The summed E-state index contributed by atoms with van der Waals surface area (Å²) in [7, 11) is 0. The Morgan fingerprint density at radius 1 is 0.912 bits per heavy atom. The minimum absolute atomic E-state index is 0.209. The molecular weight excluding hydrogens is 431 g/mol. The molecule has 34 heavy (non-hydrogen) atoms. The van der Waals surface area contributed by atoms with Crippen LogP contribution in [0.5, 0.6) is 0 Å². The highest BCUT2D eigenvalue weighted by molar-refractivity contribution is 6.04. The number of aryl methyl sites for hydroxylation is 2. The van der Waals surface area contributed by atoms with Crippen LogP contribution in [0.2, 0.25) is 0 Å². The molecule has 3 aromatic rings. The SMILES string of the molecule is Cc1ccc(C)c(NC(=O)Nc2cc(C(=O)NCc3cccc(F)c3)ccc2N2CCCC2)c1. The van der Waals surface area contributed by atoms with Gasteiger partial charge in [0, 0.05) is 30.9 Å². The van der Waals surface area contributed by atoms with Crippen molar-refractivity contribution >= 4 is 29.0 Å². The molecule has 1 aliphatic heterocycles. The van der Waals surface area contributed by atoms with E-state index in [2.05, 4.69) is 20.9 Å². The molecule has 1 heterocycles. The molecule has 0 aliphatic carbocycles. The van der Waals surface area contributed by atoms with E-state index in [0.717, 1.165) is 48.4 Å². The van der Waals surface area contributed by atoms with Gasteiger partial charge in [-0.25, -0.2) is 9.18 Å². The summed E-state index contributed by atoms with van der Waals surface area (Å²) in [5.74, 6) is -0.640. The van der Waals surface area contributed by atoms with Gasteiger partial charge in [0.15, 0.2) is 0 Å². The van der Waals surface area contributed by atoms with E-state index in [4.69, 9.17) is 0 Å². The number of rotatable bonds is 6. The van der Waals surface area contributed by atoms with Crippen LogP contribution in [0.1, 0.15) is 39.9 Å². The molecule has 0 aromatic heterocycles. The first-order valence-electron chi connectivity index (χ1n) is 11.5. The van der Waals surface area contributed by atoms with E-state index < -0.39 is 0 Å². The zero-order chi connectivity index (χ0) is 24.1. The van der Waals surface area contributed by atoms with Crippen molar-refractivity contribution in [1.29, 1.82) is 0 Å². The van der Waals surface area contributed by atoms with Crippen molar-refractivity contribution in [2.75, 3.05) is 28.6 Å². The van der Waals surface area contributed by atoms with Crippen molar-refractivity contribution < 1.29 is 14.0 Å². The first-order chi connectivity index (χ1) is 16.4. The molecule has 0 saturated carbocycles. The average Bonchev–Trinajstić information content (AvgIpc) is 3.34. The van der Waals surface area contributed by atoms with E-state index in [1.165, 1.54) is 12.1 Å². The van der Waals surface area contributed by atoms with Crippen molar-refractivity contribution in [3.05, 3.63) is 88.7 Å². The highest BCUT2D eigenvalue weighted by Crippen LogP contribution is 2.30. The molecule has 7 heteroatoms. The summed E-state index contributed by atoms with van der Waals surface area (Å²) in [5, 5.41) is 8.67. The fourth-order valence-electron chi connectivity index (χ4n) is 4.09. The molecule has 1 aliphatic rings. The minimum Gasteiger partial charge on any atom is -0.370 e. The van der Waals surface area contributed by atoms with Gasteiger partial charge in [-0.2, -0.15) is 0 Å². The third kappa shape index (κ3) is 5.73. The number of amides is 3. The van der Waals surface area contributed by atoms with Crippen LogP contribution >= 0.6 is 0 Å². The molecule has 0 spiro atoms. The number of hydrogen-bond acceptors (Lipinski definition) is 3. The van der Waals surface area contributed by atoms with Gasteiger partial charge in [0.1, 0.15) is 5.82 Å². The molecule has 0 bridgehead atoms. The highest BCUT2D eigenvalue weighted by Gasteiger charge is 2.19. The monoisotopic (exact) mass is 460 g/mol. The van der Waals surface area contributed by atoms with Gasteiger partial charge in [-0.1, -0.05) is 24.3 Å². The first-order valence-corrected chi connectivity index (χ1v) is 11.5. The number of carbonyl (C=O) groups excluding carboxylic acids is 2. The molecule has 0 radical (unpaired) electrons. The second-order valence-electron chi connectivity index (χ2n) is 8.64. The maximum absolute atomic E-state index is 13.4. The average molecular weight is 461 g/mol. The number of hydrogen-bond donors (Lipinski definition) is 3. The van der Waals surface area contributed by atoms with Crippen molar-refractivity contribution in [2.45, 2.75) is 33.2 Å². The molecule has 0 atom stereocenters. The van der Waals surface area contributed by atoms with E-state index in [9.17, 15) is 14.0 Å². The number of carbonyl (C=O) groups is 2. The van der Waals surface area contributed by atoms with Crippen LogP contribution in [0.3, 0.4) is 0 Å². The lowest BCUT2D eigenvalue weighted by Crippen LogP contribution is -2.26. The van der Waals surface area contributed by atoms with E-state index >= 15 is 0 Å². The van der Waals surface area contributed by atoms with Gasteiger partial charge in [0.2, 0.25) is 0 Å². The molecule has 176 valence electrons. The summed E-state index contributed by atoms with van der Waals surface area (Å²) < 4.78 is 13.4. The Labute approximate surface area is 199 Å². The largest absolute Gasteiger partial charge is 0.370 e. The topological polar surface area (TPSA) is 73.5 Å². The van der Waals surface area contributed by atoms with Crippen molar-refractivity contribution in [3.63, 3.8) is 0 Å². The van der Waals surface area contributed by atoms with Crippen LogP contribution in [-0.4, -0.2) is 25.0 Å². The Hall–Kier alpha value is -3.87. The van der Waals surface area contributed by atoms with Gasteiger partial charge in [-0.15, -0.1) is 0 Å². The molecule has 3 aromatic carbocycles. The predicted octanol–water partition coefficient (Wildman–Crippen LogP) is 5.62. The fraction of sp³-hybridized carbons (Fsp3) is 0.259. The van der Waals surface area contributed by atoms with Crippen LogP contribution in [0.4, 0.5) is 26.2 Å². The maximum atomic E-state index is 13.4. The normalized spacial score (nSPS) is 13.0. The summed E-state index contributed by atoms with van der Waals surface area (Å²) in [5.41, 5.74) is 5.30. The fourth-order valence-corrected chi connectivity index (χ4v) is 4.09. The Balaban J connectivity index is 1.52. The first kappa shape index (κ1) is 23.3. The van der Waals surface area contributed by atoms with Gasteiger partial charge >= 0.3 is 6.03 Å². The third-order valence-electron chi connectivity index (χ3n) is 5.94. The van der Waals surface area contributed by atoms with Crippen LogP contribution in [0.15, 0.2) is 60.7 Å². The zero-order valence-electron chi connectivity index (χ0n) is 19.5. The number of nitrogens with one attached hydrogen (secondary N) is 3. The number of urea groups is 1. The molecule has 1 saturated heterocycles. The summed E-state index contributed by atoms with van der Waals surface area (Å²) >= 11 is 0. The predicted molar refractivity (Wildman–Crippen MR) is 134 cm³/mol. The Morgan fingerprint density at radius 3 is 2.44 bits per heavy atom. The van der Waals surface area contributed by atoms with E-state index in [1.807, 2.05) is 38.1 Å². The van der Waals surface area contributed by atoms with Crippen molar-refractivity contribution in [3.8, 4) is 0 Å². The molecule has 3 amide bonds. The smallest absolute Gasteiger partial charge is 0.323 e. The highest BCUT2D eigenvalue weighted by atomic mass is 19.1. The van der Waals surface area contributed by atoms with E-state index in [1.54, 1.807) is 24.3 Å². The summed E-state index contributed by atoms with van der Waals surface area (Å²) in [6, 6.07) is 16.9. The lowest BCUT2D eigenvalue weighted by Gasteiger charge is -2.22. The quantitative estimate of drug-likeness (QED) is 0.447. The molecular formula is C27H29FN4O2.